The van der Waals surface area contributed by atoms with Gasteiger partial charge in [-0.05, 0) is 62.7 Å². The molecule has 0 atom stereocenters. The van der Waals surface area contributed by atoms with Gasteiger partial charge in [0.2, 0.25) is 0 Å². The van der Waals surface area contributed by atoms with E-state index in [9.17, 15) is 9.59 Å². The van der Waals surface area contributed by atoms with E-state index in [0.29, 0.717) is 30.1 Å². The third-order valence-corrected chi connectivity index (χ3v) is 3.83. The maximum absolute atomic E-state index is 12.2. The molecular weight excluding hydrogens is 316 g/mol. The molecule has 0 aromatic heterocycles. The minimum Gasteiger partial charge on any atom is -0.484 e. The summed E-state index contributed by atoms with van der Waals surface area (Å²) in [6, 6.07) is 14.4. The molecule has 0 aliphatic carbocycles. The second-order valence-electron chi connectivity index (χ2n) is 5.71. The smallest absolute Gasteiger partial charge is 0.262 e. The summed E-state index contributed by atoms with van der Waals surface area (Å²) in [5, 5.41) is 2.76. The number of nitrogens with zero attached hydrogens (tertiary/aromatic N) is 1. The van der Waals surface area contributed by atoms with E-state index in [4.69, 9.17) is 4.74 Å². The summed E-state index contributed by atoms with van der Waals surface area (Å²) >= 11 is 0. The van der Waals surface area contributed by atoms with Crippen LogP contribution in [0.1, 0.15) is 29.8 Å². The van der Waals surface area contributed by atoms with E-state index in [2.05, 4.69) is 5.32 Å². The molecule has 0 bridgehead atoms. The number of anilines is 1. The zero-order valence-corrected chi connectivity index (χ0v) is 14.9. The lowest BCUT2D eigenvalue weighted by Crippen LogP contribution is -2.30. The van der Waals surface area contributed by atoms with Crippen molar-refractivity contribution in [1.29, 1.82) is 0 Å². The number of hydrogen-bond donors (Lipinski definition) is 1. The Kier molecular flexibility index (Phi) is 6.57. The number of rotatable bonds is 7. The van der Waals surface area contributed by atoms with Crippen molar-refractivity contribution in [1.82, 2.24) is 4.90 Å². The van der Waals surface area contributed by atoms with E-state index in [-0.39, 0.29) is 18.4 Å². The SMILES string of the molecule is CCN(CC)C(=O)c1ccc(NC(=O)COc2cccc(C)c2)cc1. The quantitative estimate of drug-likeness (QED) is 0.839. The van der Waals surface area contributed by atoms with Crippen LogP contribution in [0.3, 0.4) is 0 Å². The van der Waals surface area contributed by atoms with Crippen LogP contribution in [0.15, 0.2) is 48.5 Å². The van der Waals surface area contributed by atoms with Crippen LogP contribution in [0.2, 0.25) is 0 Å². The largest absolute Gasteiger partial charge is 0.484 e. The molecule has 0 saturated heterocycles. The minimum absolute atomic E-state index is 0.00865. The molecule has 5 nitrogen and oxygen atoms in total. The Morgan fingerprint density at radius 1 is 1.04 bits per heavy atom. The molecule has 0 saturated carbocycles. The Morgan fingerprint density at radius 2 is 1.72 bits per heavy atom. The fourth-order valence-corrected chi connectivity index (χ4v) is 2.44. The molecule has 5 heteroatoms. The number of benzene rings is 2. The Labute approximate surface area is 148 Å². The molecule has 0 aliphatic heterocycles. The number of amides is 2. The molecule has 25 heavy (non-hydrogen) atoms. The van der Waals surface area contributed by atoms with E-state index in [1.165, 1.54) is 0 Å². The summed E-state index contributed by atoms with van der Waals surface area (Å²) in [6.45, 7) is 7.14. The molecule has 2 aromatic carbocycles. The van der Waals surface area contributed by atoms with E-state index in [0.717, 1.165) is 5.56 Å². The van der Waals surface area contributed by atoms with Crippen molar-refractivity contribution in [3.8, 4) is 5.75 Å². The maximum Gasteiger partial charge on any atom is 0.262 e. The molecule has 2 amide bonds. The average Bonchev–Trinajstić information content (AvgIpc) is 2.61. The zero-order chi connectivity index (χ0) is 18.2. The third-order valence-electron chi connectivity index (χ3n) is 3.83. The Balaban J connectivity index is 1.90. The maximum atomic E-state index is 12.2. The van der Waals surface area contributed by atoms with Gasteiger partial charge in [-0.15, -0.1) is 0 Å². The summed E-state index contributed by atoms with van der Waals surface area (Å²) in [7, 11) is 0. The van der Waals surface area contributed by atoms with Gasteiger partial charge < -0.3 is 15.0 Å². The normalized spacial score (nSPS) is 10.2. The zero-order valence-electron chi connectivity index (χ0n) is 14.9. The van der Waals surface area contributed by atoms with Crippen molar-refractivity contribution in [3.63, 3.8) is 0 Å². The number of hydrogen-bond acceptors (Lipinski definition) is 3. The fourth-order valence-electron chi connectivity index (χ4n) is 2.44. The highest BCUT2D eigenvalue weighted by molar-refractivity contribution is 5.96. The highest BCUT2D eigenvalue weighted by atomic mass is 16.5. The summed E-state index contributed by atoms with van der Waals surface area (Å²) in [5.41, 5.74) is 2.32. The lowest BCUT2D eigenvalue weighted by Gasteiger charge is -2.18. The first kappa shape index (κ1) is 18.5. The van der Waals surface area contributed by atoms with Crippen molar-refractivity contribution in [2.24, 2.45) is 0 Å². The van der Waals surface area contributed by atoms with Crippen LogP contribution in [0.25, 0.3) is 0 Å². The van der Waals surface area contributed by atoms with Crippen LogP contribution in [-0.2, 0) is 4.79 Å². The predicted octanol–water partition coefficient (Wildman–Crippen LogP) is 3.49. The Hall–Kier alpha value is -2.82. The van der Waals surface area contributed by atoms with Crippen LogP contribution < -0.4 is 10.1 Å². The third kappa shape index (κ3) is 5.35. The molecule has 1 N–H and O–H groups in total. The monoisotopic (exact) mass is 340 g/mol. The number of ether oxygens (including phenoxy) is 1. The molecule has 0 spiro atoms. The number of nitrogens with one attached hydrogen (secondary N) is 1. The highest BCUT2D eigenvalue weighted by Crippen LogP contribution is 2.14. The second kappa shape index (κ2) is 8.87. The van der Waals surface area contributed by atoms with E-state index in [1.807, 2.05) is 45.0 Å². The Morgan fingerprint density at radius 3 is 2.32 bits per heavy atom. The predicted molar refractivity (Wildman–Crippen MR) is 99.0 cm³/mol. The van der Waals surface area contributed by atoms with Gasteiger partial charge in [-0.25, -0.2) is 0 Å². The molecular formula is C20H24N2O3. The topological polar surface area (TPSA) is 58.6 Å². The molecule has 0 aliphatic rings. The van der Waals surface area contributed by atoms with Gasteiger partial charge >= 0.3 is 0 Å². The van der Waals surface area contributed by atoms with Gasteiger partial charge in [-0.2, -0.15) is 0 Å². The van der Waals surface area contributed by atoms with Crippen molar-refractivity contribution < 1.29 is 14.3 Å². The summed E-state index contributed by atoms with van der Waals surface area (Å²) in [4.78, 5) is 26.0. The van der Waals surface area contributed by atoms with Gasteiger partial charge in [-0.3, -0.25) is 9.59 Å². The summed E-state index contributed by atoms with van der Waals surface area (Å²) in [5.74, 6) is 0.408. The van der Waals surface area contributed by atoms with Crippen LogP contribution in [-0.4, -0.2) is 36.4 Å². The standard InChI is InChI=1S/C20H24N2O3/c1-4-22(5-2)20(24)16-9-11-17(12-10-16)21-19(23)14-25-18-8-6-7-15(3)13-18/h6-13H,4-5,14H2,1-3H3,(H,21,23). The van der Waals surface area contributed by atoms with E-state index < -0.39 is 0 Å². The van der Waals surface area contributed by atoms with Crippen LogP contribution in [0.5, 0.6) is 5.75 Å². The van der Waals surface area contributed by atoms with Crippen LogP contribution in [0.4, 0.5) is 5.69 Å². The molecule has 0 radical (unpaired) electrons. The number of carbonyl (C=O) groups excluding carboxylic acids is 2. The first-order valence-corrected chi connectivity index (χ1v) is 8.42. The lowest BCUT2D eigenvalue weighted by atomic mass is 10.2. The van der Waals surface area contributed by atoms with Crippen molar-refractivity contribution in [2.45, 2.75) is 20.8 Å². The van der Waals surface area contributed by atoms with Gasteiger partial charge in [0, 0.05) is 24.3 Å². The summed E-state index contributed by atoms with van der Waals surface area (Å²) < 4.78 is 5.47. The molecule has 2 aromatic rings. The van der Waals surface area contributed by atoms with Gasteiger partial charge in [0.1, 0.15) is 5.75 Å². The van der Waals surface area contributed by atoms with Crippen molar-refractivity contribution in [3.05, 3.63) is 59.7 Å². The second-order valence-corrected chi connectivity index (χ2v) is 5.71. The first-order chi connectivity index (χ1) is 12.0. The number of carbonyl (C=O) groups is 2. The van der Waals surface area contributed by atoms with Crippen LogP contribution >= 0.6 is 0 Å². The Bertz CT molecular complexity index is 722. The molecule has 132 valence electrons. The first-order valence-electron chi connectivity index (χ1n) is 8.42. The van der Waals surface area contributed by atoms with Gasteiger partial charge in [0.15, 0.2) is 6.61 Å². The lowest BCUT2D eigenvalue weighted by molar-refractivity contribution is -0.118. The van der Waals surface area contributed by atoms with Crippen LogP contribution in [0, 0.1) is 6.92 Å². The number of aryl methyl sites for hydroxylation is 1. The summed E-state index contributed by atoms with van der Waals surface area (Å²) in [6.07, 6.45) is 0. The molecule has 0 unspecified atom stereocenters. The van der Waals surface area contributed by atoms with Gasteiger partial charge in [0.25, 0.3) is 11.8 Å². The van der Waals surface area contributed by atoms with Crippen molar-refractivity contribution >= 4 is 17.5 Å². The van der Waals surface area contributed by atoms with Gasteiger partial charge in [0.05, 0.1) is 0 Å². The fraction of sp³-hybridized carbons (Fsp3) is 0.300. The van der Waals surface area contributed by atoms with Crippen molar-refractivity contribution in [2.75, 3.05) is 25.0 Å². The molecule has 0 heterocycles. The molecule has 2 rings (SSSR count). The molecule has 0 fully saturated rings. The average molecular weight is 340 g/mol. The minimum atomic E-state index is -0.246. The van der Waals surface area contributed by atoms with E-state index >= 15 is 0 Å². The highest BCUT2D eigenvalue weighted by Gasteiger charge is 2.12. The van der Waals surface area contributed by atoms with E-state index in [1.54, 1.807) is 29.2 Å². The van der Waals surface area contributed by atoms with Gasteiger partial charge in [-0.1, -0.05) is 12.1 Å².